The van der Waals surface area contributed by atoms with Gasteiger partial charge in [-0.1, -0.05) is 12.1 Å². The van der Waals surface area contributed by atoms with E-state index in [1.54, 1.807) is 18.5 Å². The van der Waals surface area contributed by atoms with Crippen LogP contribution in [0.2, 0.25) is 0 Å². The Bertz CT molecular complexity index is 1030. The standard InChI is InChI=1S/C17H15N5O2/c1-11-13(10-18-9-12-5-4-8-24-12)16(23)22(21-11)17-19-14-6-2-3-7-15(14)20-17/h2-8,10,21H,9H2,1H3,(H,19,20). The molecule has 2 N–H and O–H groups in total. The highest BCUT2D eigenvalue weighted by Crippen LogP contribution is 2.12. The molecule has 0 radical (unpaired) electrons. The van der Waals surface area contributed by atoms with Gasteiger partial charge in [0.1, 0.15) is 5.76 Å². The monoisotopic (exact) mass is 321 g/mol. The third-order valence-electron chi connectivity index (χ3n) is 3.75. The van der Waals surface area contributed by atoms with Crippen molar-refractivity contribution in [1.82, 2.24) is 19.7 Å². The number of rotatable bonds is 4. The summed E-state index contributed by atoms with van der Waals surface area (Å²) in [6.45, 7) is 2.22. The van der Waals surface area contributed by atoms with E-state index in [0.717, 1.165) is 22.5 Å². The SMILES string of the molecule is Cc1[nH]n(-c2nc3ccccc3[nH]2)c(=O)c1C=NCc1ccco1. The lowest BCUT2D eigenvalue weighted by molar-refractivity contribution is 0.513. The van der Waals surface area contributed by atoms with Crippen LogP contribution < -0.4 is 5.56 Å². The molecule has 0 saturated carbocycles. The van der Waals surface area contributed by atoms with Gasteiger partial charge in [-0.25, -0.2) is 4.98 Å². The van der Waals surface area contributed by atoms with Crippen molar-refractivity contribution in [3.05, 3.63) is 70.0 Å². The molecule has 3 aromatic heterocycles. The number of fused-ring (bicyclic) bond motifs is 1. The van der Waals surface area contributed by atoms with Crippen LogP contribution in [0.15, 0.2) is 56.9 Å². The third kappa shape index (κ3) is 2.45. The van der Waals surface area contributed by atoms with Gasteiger partial charge in [-0.3, -0.25) is 14.9 Å². The highest BCUT2D eigenvalue weighted by atomic mass is 16.3. The Morgan fingerprint density at radius 2 is 2.17 bits per heavy atom. The van der Waals surface area contributed by atoms with Gasteiger partial charge in [-0.05, 0) is 31.2 Å². The van der Waals surface area contributed by atoms with Crippen LogP contribution in [-0.4, -0.2) is 26.0 Å². The average Bonchev–Trinajstić information content (AvgIpc) is 3.29. The van der Waals surface area contributed by atoms with E-state index in [2.05, 4.69) is 20.1 Å². The van der Waals surface area contributed by atoms with E-state index in [-0.39, 0.29) is 5.56 Å². The molecule has 3 heterocycles. The van der Waals surface area contributed by atoms with Crippen molar-refractivity contribution in [2.75, 3.05) is 0 Å². The molecule has 0 aliphatic carbocycles. The molecule has 4 aromatic rings. The summed E-state index contributed by atoms with van der Waals surface area (Å²) in [5, 5.41) is 3.03. The van der Waals surface area contributed by atoms with E-state index in [0.29, 0.717) is 18.1 Å². The fraction of sp³-hybridized carbons (Fsp3) is 0.118. The van der Waals surface area contributed by atoms with Crippen LogP contribution in [0.5, 0.6) is 0 Å². The van der Waals surface area contributed by atoms with Crippen molar-refractivity contribution < 1.29 is 4.42 Å². The molecule has 0 amide bonds. The molecule has 0 spiro atoms. The van der Waals surface area contributed by atoms with Crippen LogP contribution in [0.25, 0.3) is 17.0 Å². The predicted molar refractivity (Wildman–Crippen MR) is 90.8 cm³/mol. The van der Waals surface area contributed by atoms with Crippen molar-refractivity contribution in [2.45, 2.75) is 13.5 Å². The molecule has 0 aliphatic rings. The number of nitrogens with zero attached hydrogens (tertiary/aromatic N) is 3. The average molecular weight is 321 g/mol. The molecule has 0 bridgehead atoms. The second kappa shape index (κ2) is 5.69. The number of aromatic nitrogens is 4. The zero-order valence-corrected chi connectivity index (χ0v) is 13.0. The number of para-hydroxylation sites is 2. The maximum atomic E-state index is 12.6. The molecule has 0 fully saturated rings. The highest BCUT2D eigenvalue weighted by molar-refractivity contribution is 5.81. The normalized spacial score (nSPS) is 11.7. The number of hydrogen-bond acceptors (Lipinski definition) is 4. The topological polar surface area (TPSA) is 92.0 Å². The van der Waals surface area contributed by atoms with E-state index in [1.807, 2.05) is 37.3 Å². The lowest BCUT2D eigenvalue weighted by Crippen LogP contribution is -2.18. The lowest BCUT2D eigenvalue weighted by atomic mass is 10.3. The lowest BCUT2D eigenvalue weighted by Gasteiger charge is -1.93. The van der Waals surface area contributed by atoms with Gasteiger partial charge in [0.05, 0.1) is 29.4 Å². The summed E-state index contributed by atoms with van der Waals surface area (Å²) in [4.78, 5) is 24.5. The summed E-state index contributed by atoms with van der Waals surface area (Å²) in [6, 6.07) is 11.3. The Hall–Kier alpha value is -3.35. The van der Waals surface area contributed by atoms with Crippen LogP contribution in [-0.2, 0) is 6.54 Å². The van der Waals surface area contributed by atoms with Crippen LogP contribution >= 0.6 is 0 Å². The molecule has 1 aromatic carbocycles. The number of aryl methyl sites for hydroxylation is 1. The quantitative estimate of drug-likeness (QED) is 0.566. The van der Waals surface area contributed by atoms with Gasteiger partial charge in [0.2, 0.25) is 5.95 Å². The van der Waals surface area contributed by atoms with Crippen LogP contribution in [0.3, 0.4) is 0 Å². The van der Waals surface area contributed by atoms with Crippen LogP contribution in [0, 0.1) is 6.92 Å². The Labute approximate surface area is 136 Å². The molecular formula is C17H15N5O2. The van der Waals surface area contributed by atoms with Gasteiger partial charge in [-0.2, -0.15) is 4.68 Å². The summed E-state index contributed by atoms with van der Waals surface area (Å²) in [5.41, 5.74) is 2.71. The smallest absolute Gasteiger partial charge is 0.282 e. The largest absolute Gasteiger partial charge is 0.467 e. The molecular weight excluding hydrogens is 306 g/mol. The summed E-state index contributed by atoms with van der Waals surface area (Å²) < 4.78 is 6.61. The van der Waals surface area contributed by atoms with E-state index >= 15 is 0 Å². The Kier molecular flexibility index (Phi) is 3.38. The first-order valence-corrected chi connectivity index (χ1v) is 7.51. The van der Waals surface area contributed by atoms with Gasteiger partial charge < -0.3 is 9.40 Å². The van der Waals surface area contributed by atoms with Crippen molar-refractivity contribution in [1.29, 1.82) is 0 Å². The van der Waals surface area contributed by atoms with Gasteiger partial charge in [-0.15, -0.1) is 0 Å². The first-order valence-electron chi connectivity index (χ1n) is 7.51. The molecule has 0 unspecified atom stereocenters. The van der Waals surface area contributed by atoms with Crippen LogP contribution in [0.1, 0.15) is 17.0 Å². The van der Waals surface area contributed by atoms with Gasteiger partial charge in [0, 0.05) is 11.9 Å². The highest BCUT2D eigenvalue weighted by Gasteiger charge is 2.13. The summed E-state index contributed by atoms with van der Waals surface area (Å²) >= 11 is 0. The molecule has 0 saturated heterocycles. The molecule has 4 rings (SSSR count). The number of furan rings is 1. The Morgan fingerprint density at radius 1 is 1.29 bits per heavy atom. The number of imidazole rings is 1. The second-order valence-corrected chi connectivity index (χ2v) is 5.42. The predicted octanol–water partition coefficient (Wildman–Crippen LogP) is 2.56. The van der Waals surface area contributed by atoms with Crippen molar-refractivity contribution in [3.63, 3.8) is 0 Å². The maximum absolute atomic E-state index is 12.6. The molecule has 0 atom stereocenters. The molecule has 24 heavy (non-hydrogen) atoms. The molecule has 7 nitrogen and oxygen atoms in total. The van der Waals surface area contributed by atoms with Crippen molar-refractivity contribution in [2.24, 2.45) is 4.99 Å². The number of H-pyrrole nitrogens is 2. The van der Waals surface area contributed by atoms with E-state index < -0.39 is 0 Å². The van der Waals surface area contributed by atoms with Gasteiger partial charge in [0.15, 0.2) is 0 Å². The van der Waals surface area contributed by atoms with E-state index in [9.17, 15) is 4.79 Å². The van der Waals surface area contributed by atoms with Crippen molar-refractivity contribution >= 4 is 17.2 Å². The minimum atomic E-state index is -0.199. The number of benzene rings is 1. The zero-order valence-electron chi connectivity index (χ0n) is 13.0. The minimum Gasteiger partial charge on any atom is -0.467 e. The van der Waals surface area contributed by atoms with E-state index in [4.69, 9.17) is 4.42 Å². The Morgan fingerprint density at radius 3 is 2.96 bits per heavy atom. The number of hydrogen-bond donors (Lipinski definition) is 2. The third-order valence-corrected chi connectivity index (χ3v) is 3.75. The molecule has 0 aliphatic heterocycles. The second-order valence-electron chi connectivity index (χ2n) is 5.42. The number of nitrogens with one attached hydrogen (secondary N) is 2. The van der Waals surface area contributed by atoms with Crippen molar-refractivity contribution in [3.8, 4) is 5.95 Å². The fourth-order valence-corrected chi connectivity index (χ4v) is 2.54. The fourth-order valence-electron chi connectivity index (χ4n) is 2.54. The van der Waals surface area contributed by atoms with Gasteiger partial charge >= 0.3 is 0 Å². The minimum absolute atomic E-state index is 0.199. The van der Waals surface area contributed by atoms with Gasteiger partial charge in [0.25, 0.3) is 5.56 Å². The first kappa shape index (κ1) is 14.3. The summed E-state index contributed by atoms with van der Waals surface area (Å²) in [7, 11) is 0. The molecule has 120 valence electrons. The summed E-state index contributed by atoms with van der Waals surface area (Å²) in [6.07, 6.45) is 3.16. The number of aromatic amines is 2. The molecule has 7 heteroatoms. The summed E-state index contributed by atoms with van der Waals surface area (Å²) in [5.74, 6) is 1.20. The first-order chi connectivity index (χ1) is 11.7. The zero-order chi connectivity index (χ0) is 16.5. The van der Waals surface area contributed by atoms with E-state index in [1.165, 1.54) is 4.68 Å². The Balaban J connectivity index is 1.68. The number of aliphatic imine (C=N–C) groups is 1. The van der Waals surface area contributed by atoms with Crippen LogP contribution in [0.4, 0.5) is 0 Å². The maximum Gasteiger partial charge on any atom is 0.282 e.